The molecule has 0 amide bonds. The number of nitrogens with zero attached hydrogens (tertiary/aromatic N) is 4. The van der Waals surface area contributed by atoms with E-state index in [1.54, 1.807) is 11.3 Å². The summed E-state index contributed by atoms with van der Waals surface area (Å²) in [6, 6.07) is 0.165. The van der Waals surface area contributed by atoms with Crippen molar-refractivity contribution in [2.45, 2.75) is 46.6 Å². The summed E-state index contributed by atoms with van der Waals surface area (Å²) in [6.07, 6.45) is 2.00. The Morgan fingerprint density at radius 1 is 1.43 bits per heavy atom. The maximum Gasteiger partial charge on any atom is 0.360 e. The lowest BCUT2D eigenvalue weighted by molar-refractivity contribution is 0.0595. The molecule has 0 aliphatic heterocycles. The fraction of sp³-hybridized carbons (Fsp3) is 0.571. The highest BCUT2D eigenvalue weighted by Crippen LogP contribution is 2.34. The minimum Gasteiger partial charge on any atom is -0.464 e. The molecule has 2 aromatic rings. The van der Waals surface area contributed by atoms with E-state index in [1.165, 1.54) is 7.11 Å². The standard InChI is InChI=1S/C14H20N4O2S/c1-6-7-8(2)18-12(11(16-17-18)14(19)20-5)13-9(3)15-10(4)21-13/h8H,6-7H2,1-5H3. The van der Waals surface area contributed by atoms with Crippen LogP contribution in [0.4, 0.5) is 0 Å². The van der Waals surface area contributed by atoms with Gasteiger partial charge in [0, 0.05) is 0 Å². The second-order valence-electron chi connectivity index (χ2n) is 5.01. The average molecular weight is 308 g/mol. The second kappa shape index (κ2) is 6.34. The minimum atomic E-state index is -0.467. The fourth-order valence-electron chi connectivity index (χ4n) is 2.34. The van der Waals surface area contributed by atoms with E-state index >= 15 is 0 Å². The smallest absolute Gasteiger partial charge is 0.360 e. The summed E-state index contributed by atoms with van der Waals surface area (Å²) in [5, 5.41) is 9.16. The SMILES string of the molecule is CCCC(C)n1nnc(C(=O)OC)c1-c1sc(C)nc1C. The van der Waals surface area contributed by atoms with Crippen LogP contribution in [0, 0.1) is 13.8 Å². The molecule has 0 saturated heterocycles. The Labute approximate surface area is 128 Å². The van der Waals surface area contributed by atoms with Crippen LogP contribution in [0.15, 0.2) is 0 Å². The van der Waals surface area contributed by atoms with Crippen molar-refractivity contribution in [3.05, 3.63) is 16.4 Å². The molecule has 0 bridgehead atoms. The molecule has 0 spiro atoms. The Morgan fingerprint density at radius 2 is 2.14 bits per heavy atom. The molecule has 0 fully saturated rings. The number of ether oxygens (including phenoxy) is 1. The van der Waals surface area contributed by atoms with E-state index in [0.717, 1.165) is 28.4 Å². The molecule has 21 heavy (non-hydrogen) atoms. The molecule has 0 aliphatic rings. The van der Waals surface area contributed by atoms with Crippen molar-refractivity contribution >= 4 is 17.3 Å². The van der Waals surface area contributed by atoms with Crippen LogP contribution >= 0.6 is 11.3 Å². The van der Waals surface area contributed by atoms with Gasteiger partial charge < -0.3 is 4.74 Å². The Morgan fingerprint density at radius 3 is 2.67 bits per heavy atom. The van der Waals surface area contributed by atoms with Gasteiger partial charge in [-0.15, -0.1) is 16.4 Å². The van der Waals surface area contributed by atoms with E-state index in [2.05, 4.69) is 29.1 Å². The zero-order valence-corrected chi connectivity index (χ0v) is 13.8. The van der Waals surface area contributed by atoms with Gasteiger partial charge in [-0.3, -0.25) is 0 Å². The molecule has 0 saturated carbocycles. The molecule has 7 heteroatoms. The lowest BCUT2D eigenvalue weighted by Gasteiger charge is -2.13. The zero-order chi connectivity index (χ0) is 15.6. The largest absolute Gasteiger partial charge is 0.464 e. The number of methoxy groups -OCH3 is 1. The van der Waals surface area contributed by atoms with Crippen LogP contribution in [0.3, 0.4) is 0 Å². The third-order valence-electron chi connectivity index (χ3n) is 3.32. The van der Waals surface area contributed by atoms with Gasteiger partial charge in [-0.05, 0) is 27.2 Å². The third kappa shape index (κ3) is 2.97. The van der Waals surface area contributed by atoms with Crippen molar-refractivity contribution in [2.24, 2.45) is 0 Å². The van der Waals surface area contributed by atoms with Gasteiger partial charge in [0.2, 0.25) is 0 Å². The predicted octanol–water partition coefficient (Wildman–Crippen LogP) is 3.17. The molecule has 0 aliphatic carbocycles. The van der Waals surface area contributed by atoms with Gasteiger partial charge in [0.25, 0.3) is 0 Å². The van der Waals surface area contributed by atoms with Gasteiger partial charge in [-0.1, -0.05) is 18.6 Å². The normalized spacial score (nSPS) is 12.4. The van der Waals surface area contributed by atoms with Crippen molar-refractivity contribution in [3.63, 3.8) is 0 Å². The highest BCUT2D eigenvalue weighted by Gasteiger charge is 2.26. The summed E-state index contributed by atoms with van der Waals surface area (Å²) in [6.45, 7) is 8.08. The van der Waals surface area contributed by atoms with Gasteiger partial charge in [0.15, 0.2) is 5.69 Å². The first kappa shape index (κ1) is 15.6. The highest BCUT2D eigenvalue weighted by molar-refractivity contribution is 7.15. The summed E-state index contributed by atoms with van der Waals surface area (Å²) in [7, 11) is 1.35. The van der Waals surface area contributed by atoms with Crippen LogP contribution in [-0.4, -0.2) is 33.1 Å². The molecule has 1 unspecified atom stereocenters. The third-order valence-corrected chi connectivity index (χ3v) is 4.40. The molecule has 0 N–H and O–H groups in total. The molecule has 2 aromatic heterocycles. The maximum absolute atomic E-state index is 12.0. The van der Waals surface area contributed by atoms with Crippen molar-refractivity contribution in [3.8, 4) is 10.6 Å². The second-order valence-corrected chi connectivity index (χ2v) is 6.21. The summed E-state index contributed by atoms with van der Waals surface area (Å²) < 4.78 is 6.64. The Bertz CT molecular complexity index is 647. The summed E-state index contributed by atoms with van der Waals surface area (Å²) >= 11 is 1.54. The molecule has 0 aromatic carbocycles. The van der Waals surface area contributed by atoms with Crippen LogP contribution in [-0.2, 0) is 4.74 Å². The number of carbonyl (C=O) groups excluding carboxylic acids is 1. The molecule has 6 nitrogen and oxygen atoms in total. The van der Waals surface area contributed by atoms with Crippen molar-refractivity contribution < 1.29 is 9.53 Å². The molecule has 1 atom stereocenters. The fourth-order valence-corrected chi connectivity index (χ4v) is 3.30. The van der Waals surface area contributed by atoms with E-state index in [-0.39, 0.29) is 11.7 Å². The lowest BCUT2D eigenvalue weighted by atomic mass is 10.1. The van der Waals surface area contributed by atoms with E-state index in [1.807, 2.05) is 18.5 Å². The Hall–Kier alpha value is -1.76. The number of aryl methyl sites for hydroxylation is 2. The van der Waals surface area contributed by atoms with Crippen molar-refractivity contribution in [2.75, 3.05) is 7.11 Å². The first-order valence-corrected chi connectivity index (χ1v) is 7.79. The van der Waals surface area contributed by atoms with Gasteiger partial charge in [0.05, 0.1) is 28.7 Å². The van der Waals surface area contributed by atoms with E-state index in [4.69, 9.17) is 4.74 Å². The molecule has 0 radical (unpaired) electrons. The number of hydrogen-bond acceptors (Lipinski definition) is 6. The monoisotopic (exact) mass is 308 g/mol. The Balaban J connectivity index is 2.61. The number of rotatable bonds is 5. The molecule has 114 valence electrons. The topological polar surface area (TPSA) is 69.9 Å². The first-order valence-electron chi connectivity index (χ1n) is 6.97. The van der Waals surface area contributed by atoms with Crippen LogP contribution < -0.4 is 0 Å². The zero-order valence-electron chi connectivity index (χ0n) is 13.0. The summed E-state index contributed by atoms with van der Waals surface area (Å²) in [5.41, 5.74) is 1.85. The summed E-state index contributed by atoms with van der Waals surface area (Å²) in [4.78, 5) is 17.3. The molecule has 2 rings (SSSR count). The first-order chi connectivity index (χ1) is 9.99. The average Bonchev–Trinajstić information content (AvgIpc) is 3.01. The van der Waals surface area contributed by atoms with Crippen molar-refractivity contribution in [1.82, 2.24) is 20.0 Å². The van der Waals surface area contributed by atoms with E-state index in [9.17, 15) is 4.79 Å². The molecular weight excluding hydrogens is 288 g/mol. The summed E-state index contributed by atoms with van der Waals surface area (Å²) in [5.74, 6) is -0.467. The van der Waals surface area contributed by atoms with Crippen LogP contribution in [0.1, 0.15) is 53.9 Å². The van der Waals surface area contributed by atoms with Crippen LogP contribution in [0.2, 0.25) is 0 Å². The van der Waals surface area contributed by atoms with Gasteiger partial charge in [-0.2, -0.15) is 0 Å². The van der Waals surface area contributed by atoms with E-state index < -0.39 is 5.97 Å². The van der Waals surface area contributed by atoms with Gasteiger partial charge in [-0.25, -0.2) is 14.5 Å². The number of thiazole rings is 1. The number of aromatic nitrogens is 4. The Kier molecular flexibility index (Phi) is 4.72. The number of hydrogen-bond donors (Lipinski definition) is 0. The highest BCUT2D eigenvalue weighted by atomic mass is 32.1. The van der Waals surface area contributed by atoms with Crippen molar-refractivity contribution in [1.29, 1.82) is 0 Å². The number of esters is 1. The van der Waals surface area contributed by atoms with E-state index in [0.29, 0.717) is 5.69 Å². The molecule has 2 heterocycles. The van der Waals surface area contributed by atoms with Crippen LogP contribution in [0.25, 0.3) is 10.6 Å². The van der Waals surface area contributed by atoms with Gasteiger partial charge >= 0.3 is 5.97 Å². The molecular formula is C14H20N4O2S. The quantitative estimate of drug-likeness (QED) is 0.793. The number of carbonyl (C=O) groups is 1. The minimum absolute atomic E-state index is 0.165. The maximum atomic E-state index is 12.0. The van der Waals surface area contributed by atoms with Gasteiger partial charge in [0.1, 0.15) is 5.69 Å². The van der Waals surface area contributed by atoms with Crippen LogP contribution in [0.5, 0.6) is 0 Å². The lowest BCUT2D eigenvalue weighted by Crippen LogP contribution is -2.10. The predicted molar refractivity (Wildman–Crippen MR) is 81.6 cm³/mol.